The Morgan fingerprint density at radius 1 is 1.19 bits per heavy atom. The number of hydrogen-bond donors (Lipinski definition) is 1. The van der Waals surface area contributed by atoms with Gasteiger partial charge in [-0.3, -0.25) is 0 Å². The van der Waals surface area contributed by atoms with Crippen molar-refractivity contribution in [1.82, 2.24) is 14.5 Å². The van der Waals surface area contributed by atoms with Gasteiger partial charge in [-0.25, -0.2) is 22.8 Å². The smallest absolute Gasteiger partial charge is 0.200 e. The third-order valence-corrected chi connectivity index (χ3v) is 6.51. The molecule has 2 aromatic heterocycles. The van der Waals surface area contributed by atoms with E-state index in [0.29, 0.717) is 17.9 Å². The summed E-state index contributed by atoms with van der Waals surface area (Å²) in [7, 11) is -3.49. The maximum Gasteiger partial charge on any atom is 0.200 e. The standard InChI is InChI=1S/C19H21FN4O2S/c1-19(2,3)27(25,26)18-7-5-15(12-23-18)22-11-14-4-6-17(16(20)10-14)24-9-8-21-13-24/h4-10,12-13,22H,11H2,1-3H3. The third-order valence-electron chi connectivity index (χ3n) is 4.11. The van der Waals surface area contributed by atoms with Gasteiger partial charge >= 0.3 is 0 Å². The van der Waals surface area contributed by atoms with Crippen LogP contribution in [0, 0.1) is 5.82 Å². The molecule has 2 heterocycles. The van der Waals surface area contributed by atoms with Crippen LogP contribution < -0.4 is 5.32 Å². The van der Waals surface area contributed by atoms with E-state index in [-0.39, 0.29) is 10.8 Å². The molecule has 8 heteroatoms. The molecule has 0 fully saturated rings. The summed E-state index contributed by atoms with van der Waals surface area (Å²) in [4.78, 5) is 7.97. The zero-order valence-electron chi connectivity index (χ0n) is 15.3. The lowest BCUT2D eigenvalue weighted by atomic mass is 10.2. The van der Waals surface area contributed by atoms with Gasteiger partial charge in [-0.05, 0) is 50.6 Å². The normalized spacial score (nSPS) is 12.1. The molecule has 0 saturated heterocycles. The van der Waals surface area contributed by atoms with Gasteiger partial charge in [0.25, 0.3) is 0 Å². The maximum atomic E-state index is 14.3. The zero-order chi connectivity index (χ0) is 19.7. The molecule has 1 aromatic carbocycles. The van der Waals surface area contributed by atoms with Crippen molar-refractivity contribution in [2.45, 2.75) is 37.1 Å². The number of nitrogens with one attached hydrogen (secondary N) is 1. The average Bonchev–Trinajstić information content (AvgIpc) is 3.14. The van der Waals surface area contributed by atoms with Crippen LogP contribution in [0.15, 0.2) is 60.3 Å². The van der Waals surface area contributed by atoms with Crippen LogP contribution in [-0.4, -0.2) is 27.7 Å². The van der Waals surface area contributed by atoms with Gasteiger partial charge in [0.1, 0.15) is 5.82 Å². The first-order valence-corrected chi connectivity index (χ1v) is 9.88. The summed E-state index contributed by atoms with van der Waals surface area (Å²) in [6, 6.07) is 8.09. The fourth-order valence-electron chi connectivity index (χ4n) is 2.43. The molecule has 0 amide bonds. The molecule has 0 radical (unpaired) electrons. The van der Waals surface area contributed by atoms with E-state index >= 15 is 0 Å². The first kappa shape index (κ1) is 19.0. The molecule has 0 aliphatic rings. The summed E-state index contributed by atoms with van der Waals surface area (Å²) in [5.41, 5.74) is 1.83. The zero-order valence-corrected chi connectivity index (χ0v) is 16.2. The molecule has 0 atom stereocenters. The minimum absolute atomic E-state index is 0.0382. The second-order valence-electron chi connectivity index (χ2n) is 7.11. The van der Waals surface area contributed by atoms with Crippen molar-refractivity contribution in [3.05, 3.63) is 66.6 Å². The predicted molar refractivity (Wildman–Crippen MR) is 102 cm³/mol. The molecule has 0 aliphatic carbocycles. The number of hydrogen-bond acceptors (Lipinski definition) is 5. The number of imidazole rings is 1. The Morgan fingerprint density at radius 2 is 1.96 bits per heavy atom. The van der Waals surface area contributed by atoms with E-state index in [4.69, 9.17) is 0 Å². The number of benzene rings is 1. The Bertz CT molecular complexity index is 1020. The summed E-state index contributed by atoms with van der Waals surface area (Å²) in [6.07, 6.45) is 6.27. The highest BCUT2D eigenvalue weighted by atomic mass is 32.2. The molecule has 0 unspecified atom stereocenters. The number of rotatable bonds is 5. The minimum atomic E-state index is -3.49. The number of sulfone groups is 1. The lowest BCUT2D eigenvalue weighted by Gasteiger charge is -2.18. The van der Waals surface area contributed by atoms with Crippen molar-refractivity contribution in [1.29, 1.82) is 0 Å². The van der Waals surface area contributed by atoms with Crippen LogP contribution >= 0.6 is 0 Å². The first-order chi connectivity index (χ1) is 12.7. The maximum absolute atomic E-state index is 14.3. The van der Waals surface area contributed by atoms with Gasteiger partial charge in [0.2, 0.25) is 0 Å². The fraction of sp³-hybridized carbons (Fsp3) is 0.263. The lowest BCUT2D eigenvalue weighted by molar-refractivity contribution is 0.556. The average molecular weight is 388 g/mol. The van der Waals surface area contributed by atoms with E-state index in [1.165, 1.54) is 24.7 Å². The largest absolute Gasteiger partial charge is 0.380 e. The van der Waals surface area contributed by atoms with Crippen molar-refractivity contribution in [2.24, 2.45) is 0 Å². The van der Waals surface area contributed by atoms with Crippen LogP contribution in [0.1, 0.15) is 26.3 Å². The molecular formula is C19H21FN4O2S. The van der Waals surface area contributed by atoms with Crippen LogP contribution in [0.25, 0.3) is 5.69 Å². The van der Waals surface area contributed by atoms with Gasteiger partial charge < -0.3 is 9.88 Å². The van der Waals surface area contributed by atoms with Crippen molar-refractivity contribution in [3.8, 4) is 5.69 Å². The summed E-state index contributed by atoms with van der Waals surface area (Å²) in [5.74, 6) is -0.350. The number of nitrogens with zero attached hydrogens (tertiary/aromatic N) is 3. The van der Waals surface area contributed by atoms with Gasteiger partial charge in [-0.15, -0.1) is 0 Å². The molecular weight excluding hydrogens is 367 g/mol. The molecule has 1 N–H and O–H groups in total. The fourth-order valence-corrected chi connectivity index (χ4v) is 3.50. The Kier molecular flexibility index (Phi) is 5.01. The number of anilines is 1. The molecule has 27 heavy (non-hydrogen) atoms. The van der Waals surface area contributed by atoms with Crippen LogP contribution in [0.5, 0.6) is 0 Å². The van der Waals surface area contributed by atoms with Gasteiger partial charge in [0.15, 0.2) is 14.9 Å². The van der Waals surface area contributed by atoms with Gasteiger partial charge in [-0.1, -0.05) is 6.07 Å². The molecule has 3 rings (SSSR count). The molecule has 0 aliphatic heterocycles. The van der Waals surface area contributed by atoms with E-state index < -0.39 is 14.6 Å². The van der Waals surface area contributed by atoms with E-state index in [2.05, 4.69) is 15.3 Å². The molecule has 142 valence electrons. The second-order valence-corrected chi connectivity index (χ2v) is 9.76. The van der Waals surface area contributed by atoms with Crippen molar-refractivity contribution < 1.29 is 12.8 Å². The van der Waals surface area contributed by atoms with Crippen LogP contribution in [0.4, 0.5) is 10.1 Å². The SMILES string of the molecule is CC(C)(C)S(=O)(=O)c1ccc(NCc2ccc(-n3ccnc3)c(F)c2)cn1. The molecule has 3 aromatic rings. The molecule has 6 nitrogen and oxygen atoms in total. The predicted octanol–water partition coefficient (Wildman–Crippen LogP) is 3.59. The van der Waals surface area contributed by atoms with Crippen molar-refractivity contribution in [3.63, 3.8) is 0 Å². The highest BCUT2D eigenvalue weighted by Gasteiger charge is 2.31. The van der Waals surface area contributed by atoms with E-state index in [9.17, 15) is 12.8 Å². The monoisotopic (exact) mass is 388 g/mol. The number of halogens is 1. The third kappa shape index (κ3) is 4.00. The van der Waals surface area contributed by atoms with Gasteiger partial charge in [-0.2, -0.15) is 0 Å². The Morgan fingerprint density at radius 3 is 2.52 bits per heavy atom. The minimum Gasteiger partial charge on any atom is -0.380 e. The van der Waals surface area contributed by atoms with Crippen LogP contribution in [0.3, 0.4) is 0 Å². The Hall–Kier alpha value is -2.74. The highest BCUT2D eigenvalue weighted by Crippen LogP contribution is 2.24. The summed E-state index contributed by atoms with van der Waals surface area (Å²) in [5, 5.41) is 3.15. The summed E-state index contributed by atoms with van der Waals surface area (Å²) < 4.78 is 39.7. The Labute approximate surface area is 158 Å². The second kappa shape index (κ2) is 7.11. The Balaban J connectivity index is 1.70. The molecule has 0 saturated carbocycles. The first-order valence-electron chi connectivity index (χ1n) is 8.40. The van der Waals surface area contributed by atoms with Crippen LogP contribution in [-0.2, 0) is 16.4 Å². The quantitative estimate of drug-likeness (QED) is 0.723. The van der Waals surface area contributed by atoms with Crippen LogP contribution in [0.2, 0.25) is 0 Å². The number of aromatic nitrogens is 3. The summed E-state index contributed by atoms with van der Waals surface area (Å²) >= 11 is 0. The van der Waals surface area contributed by atoms with Crippen molar-refractivity contribution in [2.75, 3.05) is 5.32 Å². The lowest BCUT2D eigenvalue weighted by Crippen LogP contribution is -2.28. The van der Waals surface area contributed by atoms with E-state index in [1.54, 1.807) is 49.9 Å². The van der Waals surface area contributed by atoms with Crippen molar-refractivity contribution >= 4 is 15.5 Å². The van der Waals surface area contributed by atoms with E-state index in [1.807, 2.05) is 6.07 Å². The highest BCUT2D eigenvalue weighted by molar-refractivity contribution is 7.92. The van der Waals surface area contributed by atoms with Gasteiger partial charge in [0.05, 0.1) is 28.6 Å². The molecule has 0 spiro atoms. The summed E-state index contributed by atoms with van der Waals surface area (Å²) in [6.45, 7) is 5.29. The number of pyridine rings is 1. The van der Waals surface area contributed by atoms with E-state index in [0.717, 1.165) is 5.56 Å². The topological polar surface area (TPSA) is 76.9 Å². The van der Waals surface area contributed by atoms with Gasteiger partial charge in [0, 0.05) is 18.9 Å². The molecule has 0 bridgehead atoms.